The molecule has 0 unspecified atom stereocenters. The Morgan fingerprint density at radius 1 is 0.893 bits per heavy atom. The number of nitriles is 1. The first-order valence-corrected chi connectivity index (χ1v) is 11.3. The zero-order valence-corrected chi connectivity index (χ0v) is 18.2. The van der Waals surface area contributed by atoms with Crippen molar-refractivity contribution < 1.29 is 13.2 Å². The molecule has 1 heterocycles. The SMILES string of the molecule is Cc1c(C)c(C)c(S(=O)(=O)N2CCN(C(=O)C3(C#N)CCC3)CC2)c(C)c1C. The average molecular weight is 404 g/mol. The number of piperazine rings is 1. The maximum Gasteiger partial charge on any atom is 0.243 e. The van der Waals surface area contributed by atoms with Gasteiger partial charge in [0.2, 0.25) is 15.9 Å². The number of hydrogen-bond donors (Lipinski definition) is 0. The highest BCUT2D eigenvalue weighted by Gasteiger charge is 2.47. The Morgan fingerprint density at radius 2 is 1.36 bits per heavy atom. The van der Waals surface area contributed by atoms with E-state index < -0.39 is 15.4 Å². The summed E-state index contributed by atoms with van der Waals surface area (Å²) in [6.45, 7) is 10.9. The van der Waals surface area contributed by atoms with Gasteiger partial charge < -0.3 is 4.90 Å². The molecule has 0 aromatic heterocycles. The maximum atomic E-state index is 13.4. The summed E-state index contributed by atoms with van der Waals surface area (Å²) in [6.07, 6.45) is 2.13. The van der Waals surface area contributed by atoms with Crippen molar-refractivity contribution in [2.45, 2.75) is 58.8 Å². The number of rotatable bonds is 3. The van der Waals surface area contributed by atoms with Gasteiger partial charge >= 0.3 is 0 Å². The molecule has 0 bridgehead atoms. The first kappa shape index (κ1) is 20.8. The fourth-order valence-corrected chi connectivity index (χ4v) is 6.30. The molecule has 0 radical (unpaired) electrons. The molecule has 1 saturated heterocycles. The summed E-state index contributed by atoms with van der Waals surface area (Å²) in [5, 5.41) is 9.40. The van der Waals surface area contributed by atoms with Crippen molar-refractivity contribution in [3.63, 3.8) is 0 Å². The van der Waals surface area contributed by atoms with E-state index in [0.717, 1.165) is 34.2 Å². The lowest BCUT2D eigenvalue weighted by atomic mass is 9.69. The summed E-state index contributed by atoms with van der Waals surface area (Å²) in [6, 6.07) is 2.19. The van der Waals surface area contributed by atoms with E-state index in [9.17, 15) is 18.5 Å². The molecule has 2 aliphatic rings. The molecule has 2 fully saturated rings. The Bertz CT molecular complexity index is 935. The van der Waals surface area contributed by atoms with Gasteiger partial charge in [-0.15, -0.1) is 0 Å². The lowest BCUT2D eigenvalue weighted by Gasteiger charge is -2.41. The Kier molecular flexibility index (Phi) is 5.32. The largest absolute Gasteiger partial charge is 0.339 e. The molecule has 6 nitrogen and oxygen atoms in total. The van der Waals surface area contributed by atoms with E-state index in [4.69, 9.17) is 0 Å². The van der Waals surface area contributed by atoms with E-state index in [2.05, 4.69) is 6.07 Å². The molecule has 1 aromatic rings. The molecule has 1 aliphatic carbocycles. The minimum Gasteiger partial charge on any atom is -0.339 e. The zero-order valence-electron chi connectivity index (χ0n) is 17.4. The van der Waals surface area contributed by atoms with E-state index in [1.165, 1.54) is 4.31 Å². The fourth-order valence-electron chi connectivity index (χ4n) is 4.32. The van der Waals surface area contributed by atoms with Crippen LogP contribution in [-0.2, 0) is 14.8 Å². The predicted octanol–water partition coefficient (Wildman–Crippen LogP) is 2.76. The van der Waals surface area contributed by atoms with Crippen LogP contribution in [0, 0.1) is 51.4 Å². The Morgan fingerprint density at radius 3 is 1.75 bits per heavy atom. The molecule has 3 rings (SSSR count). The van der Waals surface area contributed by atoms with Crippen LogP contribution in [0.1, 0.15) is 47.1 Å². The highest BCUT2D eigenvalue weighted by atomic mass is 32.2. The third-order valence-electron chi connectivity index (χ3n) is 6.89. The zero-order chi connectivity index (χ0) is 20.9. The molecular weight excluding hydrogens is 374 g/mol. The van der Waals surface area contributed by atoms with Crippen molar-refractivity contribution >= 4 is 15.9 Å². The second kappa shape index (κ2) is 7.16. The number of carbonyl (C=O) groups is 1. The van der Waals surface area contributed by atoms with Crippen LogP contribution in [0.4, 0.5) is 0 Å². The van der Waals surface area contributed by atoms with Gasteiger partial charge in [0.1, 0.15) is 5.41 Å². The van der Waals surface area contributed by atoms with E-state index in [0.29, 0.717) is 30.8 Å². The van der Waals surface area contributed by atoms with Gasteiger partial charge in [0.25, 0.3) is 0 Å². The molecule has 0 spiro atoms. The normalized spacial score (nSPS) is 19.8. The summed E-state index contributed by atoms with van der Waals surface area (Å²) < 4.78 is 28.3. The highest BCUT2D eigenvalue weighted by molar-refractivity contribution is 7.89. The molecular formula is C21H29N3O3S. The van der Waals surface area contributed by atoms with Gasteiger partial charge in [-0.3, -0.25) is 4.79 Å². The molecule has 1 saturated carbocycles. The van der Waals surface area contributed by atoms with Crippen LogP contribution in [-0.4, -0.2) is 49.7 Å². The number of benzene rings is 1. The molecule has 152 valence electrons. The minimum atomic E-state index is -3.64. The Balaban J connectivity index is 1.83. The van der Waals surface area contributed by atoms with Gasteiger partial charge in [-0.1, -0.05) is 0 Å². The number of nitrogens with zero attached hydrogens (tertiary/aromatic N) is 3. The molecule has 1 aliphatic heterocycles. The first-order valence-electron chi connectivity index (χ1n) is 9.84. The second-order valence-electron chi connectivity index (χ2n) is 8.20. The molecule has 7 heteroatoms. The first-order chi connectivity index (χ1) is 13.1. The Labute approximate surface area is 168 Å². The van der Waals surface area contributed by atoms with Crippen LogP contribution in [0.5, 0.6) is 0 Å². The van der Waals surface area contributed by atoms with Crippen LogP contribution in [0.15, 0.2) is 4.90 Å². The van der Waals surface area contributed by atoms with Gasteiger partial charge in [-0.05, 0) is 81.7 Å². The summed E-state index contributed by atoms with van der Waals surface area (Å²) in [5.41, 5.74) is 3.88. The maximum absolute atomic E-state index is 13.4. The van der Waals surface area contributed by atoms with Crippen molar-refractivity contribution in [2.24, 2.45) is 5.41 Å². The third kappa shape index (κ3) is 3.03. The summed E-state index contributed by atoms with van der Waals surface area (Å²) >= 11 is 0. The second-order valence-corrected chi connectivity index (χ2v) is 10.1. The van der Waals surface area contributed by atoms with Crippen LogP contribution >= 0.6 is 0 Å². The van der Waals surface area contributed by atoms with Gasteiger partial charge in [-0.2, -0.15) is 9.57 Å². The minimum absolute atomic E-state index is 0.132. The topological polar surface area (TPSA) is 81.5 Å². The average Bonchev–Trinajstić information content (AvgIpc) is 2.64. The van der Waals surface area contributed by atoms with Crippen molar-refractivity contribution in [1.82, 2.24) is 9.21 Å². The van der Waals surface area contributed by atoms with Crippen LogP contribution in [0.25, 0.3) is 0 Å². The van der Waals surface area contributed by atoms with Crippen LogP contribution in [0.3, 0.4) is 0 Å². The highest BCUT2D eigenvalue weighted by Crippen LogP contribution is 2.42. The molecule has 0 atom stereocenters. The van der Waals surface area contributed by atoms with Crippen molar-refractivity contribution in [2.75, 3.05) is 26.2 Å². The molecule has 28 heavy (non-hydrogen) atoms. The number of hydrogen-bond acceptors (Lipinski definition) is 4. The van der Waals surface area contributed by atoms with Gasteiger partial charge in [0.15, 0.2) is 0 Å². The van der Waals surface area contributed by atoms with E-state index in [-0.39, 0.29) is 19.0 Å². The smallest absolute Gasteiger partial charge is 0.243 e. The number of sulfonamides is 1. The fraction of sp³-hybridized carbons (Fsp3) is 0.619. The lowest BCUT2D eigenvalue weighted by Crippen LogP contribution is -2.55. The van der Waals surface area contributed by atoms with Crippen molar-refractivity contribution in [3.05, 3.63) is 27.8 Å². The van der Waals surface area contributed by atoms with Crippen molar-refractivity contribution in [3.8, 4) is 6.07 Å². The Hall–Kier alpha value is -1.91. The van der Waals surface area contributed by atoms with Gasteiger partial charge in [-0.25, -0.2) is 8.42 Å². The lowest BCUT2D eigenvalue weighted by molar-refractivity contribution is -0.144. The predicted molar refractivity (Wildman–Crippen MR) is 107 cm³/mol. The quantitative estimate of drug-likeness (QED) is 0.777. The van der Waals surface area contributed by atoms with Crippen molar-refractivity contribution in [1.29, 1.82) is 5.26 Å². The van der Waals surface area contributed by atoms with Gasteiger partial charge in [0, 0.05) is 26.2 Å². The van der Waals surface area contributed by atoms with Crippen LogP contribution in [0.2, 0.25) is 0 Å². The standard InChI is InChI=1S/C21H29N3O3S/c1-14-15(2)17(4)19(18(5)16(14)3)28(26,27)24-11-9-23(10-12-24)20(25)21(13-22)7-6-8-21/h6-12H2,1-5H3. The molecule has 1 amide bonds. The van der Waals surface area contributed by atoms with E-state index in [1.54, 1.807) is 4.90 Å². The summed E-state index contributed by atoms with van der Waals surface area (Å²) in [5.74, 6) is -0.132. The van der Waals surface area contributed by atoms with E-state index >= 15 is 0 Å². The van der Waals surface area contributed by atoms with Crippen LogP contribution < -0.4 is 0 Å². The molecule has 1 aromatic carbocycles. The summed E-state index contributed by atoms with van der Waals surface area (Å²) in [4.78, 5) is 14.8. The third-order valence-corrected chi connectivity index (χ3v) is 9.06. The van der Waals surface area contributed by atoms with E-state index in [1.807, 2.05) is 34.6 Å². The summed E-state index contributed by atoms with van der Waals surface area (Å²) in [7, 11) is -3.64. The van der Waals surface area contributed by atoms with Gasteiger partial charge in [0.05, 0.1) is 11.0 Å². The molecule has 0 N–H and O–H groups in total. The monoisotopic (exact) mass is 403 g/mol. The number of amides is 1. The number of carbonyl (C=O) groups excluding carboxylic acids is 1.